The van der Waals surface area contributed by atoms with Crippen molar-refractivity contribution in [2.75, 3.05) is 6.61 Å². The van der Waals surface area contributed by atoms with Crippen molar-refractivity contribution >= 4 is 5.91 Å². The molecule has 3 aromatic rings. The Balaban J connectivity index is 1.85. The van der Waals surface area contributed by atoms with Crippen LogP contribution < -0.4 is 5.32 Å². The Kier molecular flexibility index (Phi) is 4.53. The highest BCUT2D eigenvalue weighted by Gasteiger charge is 2.40. The van der Waals surface area contributed by atoms with Crippen LogP contribution in [0.5, 0.6) is 0 Å². The fraction of sp³-hybridized carbons (Fsp3) is 0.118. The monoisotopic (exact) mass is 345 g/mol. The number of aromatic nitrogens is 2. The molecule has 0 unspecified atom stereocenters. The van der Waals surface area contributed by atoms with Gasteiger partial charge in [0, 0.05) is 11.1 Å². The van der Waals surface area contributed by atoms with E-state index in [0.717, 1.165) is 0 Å². The van der Waals surface area contributed by atoms with Gasteiger partial charge in [0.25, 0.3) is 17.6 Å². The topological polar surface area (TPSA) is 88.2 Å². The number of benzene rings is 2. The first-order valence-electron chi connectivity index (χ1n) is 7.29. The molecule has 0 radical (unpaired) electrons. The minimum absolute atomic E-state index is 0.000523. The molecule has 1 atom stereocenters. The Morgan fingerprint density at radius 1 is 1.16 bits per heavy atom. The molecule has 1 amide bonds. The Morgan fingerprint density at radius 2 is 1.84 bits per heavy atom. The van der Waals surface area contributed by atoms with E-state index in [9.17, 15) is 18.7 Å². The minimum atomic E-state index is -2.75. The highest BCUT2D eigenvalue weighted by Crippen LogP contribution is 2.25. The van der Waals surface area contributed by atoms with Gasteiger partial charge in [0.1, 0.15) is 12.4 Å². The highest BCUT2D eigenvalue weighted by molar-refractivity contribution is 5.94. The minimum Gasteiger partial charge on any atom is -0.390 e. The van der Waals surface area contributed by atoms with Crippen LogP contribution in [0.4, 0.5) is 8.78 Å². The third-order valence-corrected chi connectivity index (χ3v) is 3.43. The Labute approximate surface area is 141 Å². The molecule has 1 aromatic heterocycles. The molecule has 0 spiro atoms. The molecule has 2 N–H and O–H groups in total. The van der Waals surface area contributed by atoms with Crippen LogP contribution in [0.2, 0.25) is 0 Å². The fourth-order valence-corrected chi connectivity index (χ4v) is 2.10. The summed E-state index contributed by atoms with van der Waals surface area (Å²) in [5.41, 5.74) is 0.599. The van der Waals surface area contributed by atoms with Gasteiger partial charge in [-0.3, -0.25) is 4.79 Å². The van der Waals surface area contributed by atoms with Crippen LogP contribution in [0.25, 0.3) is 11.4 Å². The van der Waals surface area contributed by atoms with E-state index < -0.39 is 30.0 Å². The van der Waals surface area contributed by atoms with E-state index in [2.05, 4.69) is 10.1 Å². The molecule has 0 aliphatic rings. The van der Waals surface area contributed by atoms with E-state index in [1.54, 1.807) is 18.2 Å². The van der Waals surface area contributed by atoms with E-state index in [1.807, 2.05) is 5.32 Å². The molecule has 0 bridgehead atoms. The van der Waals surface area contributed by atoms with Crippen molar-refractivity contribution in [2.24, 2.45) is 0 Å². The zero-order chi connectivity index (χ0) is 17.9. The van der Waals surface area contributed by atoms with Crippen molar-refractivity contribution in [3.8, 4) is 11.4 Å². The van der Waals surface area contributed by atoms with Crippen LogP contribution in [0.15, 0.2) is 59.1 Å². The molecular weight excluding hydrogens is 332 g/mol. The van der Waals surface area contributed by atoms with Gasteiger partial charge in [-0.05, 0) is 36.4 Å². The van der Waals surface area contributed by atoms with Crippen LogP contribution >= 0.6 is 0 Å². The molecule has 6 nitrogen and oxygen atoms in total. The summed E-state index contributed by atoms with van der Waals surface area (Å²) in [5, 5.41) is 15.0. The van der Waals surface area contributed by atoms with Crippen LogP contribution in [-0.2, 0) is 5.79 Å². The van der Waals surface area contributed by atoms with Gasteiger partial charge in [-0.15, -0.1) is 0 Å². The number of hydrogen-bond donors (Lipinski definition) is 2. The molecule has 0 aliphatic carbocycles. The highest BCUT2D eigenvalue weighted by atomic mass is 19.1. The van der Waals surface area contributed by atoms with Gasteiger partial charge in [0.2, 0.25) is 5.82 Å². The van der Waals surface area contributed by atoms with Crippen molar-refractivity contribution < 1.29 is 23.2 Å². The second-order valence-electron chi connectivity index (χ2n) is 5.21. The second kappa shape index (κ2) is 6.78. The number of carbonyl (C=O) groups is 1. The van der Waals surface area contributed by atoms with Gasteiger partial charge in [0.05, 0.1) is 0 Å². The standard InChI is InChI=1S/C17H13F2N3O3/c18-13-8-6-11(7-9-13)14-20-16(25-22-14)17(19,10-23)21-15(24)12-4-2-1-3-5-12/h1-9,23H,10H2,(H,21,24)/t17-/m1/s1. The smallest absolute Gasteiger partial charge is 0.288 e. The first-order chi connectivity index (χ1) is 12.0. The van der Waals surface area contributed by atoms with Crippen molar-refractivity contribution in [2.45, 2.75) is 5.79 Å². The summed E-state index contributed by atoms with van der Waals surface area (Å²) in [7, 11) is 0. The van der Waals surface area contributed by atoms with Crippen molar-refractivity contribution in [3.63, 3.8) is 0 Å². The molecular formula is C17H13F2N3O3. The molecule has 1 heterocycles. The normalized spacial score (nSPS) is 13.2. The van der Waals surface area contributed by atoms with E-state index in [-0.39, 0.29) is 11.4 Å². The lowest BCUT2D eigenvalue weighted by Gasteiger charge is -2.20. The van der Waals surface area contributed by atoms with Crippen LogP contribution in [0, 0.1) is 5.82 Å². The average Bonchev–Trinajstić information content (AvgIpc) is 3.14. The number of hydrogen-bond acceptors (Lipinski definition) is 5. The number of nitrogens with one attached hydrogen (secondary N) is 1. The molecule has 8 heteroatoms. The van der Waals surface area contributed by atoms with Gasteiger partial charge >= 0.3 is 0 Å². The summed E-state index contributed by atoms with van der Waals surface area (Å²) in [6.45, 7) is -1.10. The summed E-state index contributed by atoms with van der Waals surface area (Å²) in [5.74, 6) is -4.56. The molecule has 0 saturated carbocycles. The third-order valence-electron chi connectivity index (χ3n) is 3.43. The molecule has 25 heavy (non-hydrogen) atoms. The maximum absolute atomic E-state index is 14.9. The number of rotatable bonds is 5. The summed E-state index contributed by atoms with van der Waals surface area (Å²) < 4.78 is 32.7. The number of carbonyl (C=O) groups excluding carboxylic acids is 1. The Bertz CT molecular complexity index is 868. The Hall–Kier alpha value is -3.13. The molecule has 0 saturated heterocycles. The number of aliphatic hydroxyl groups is 1. The summed E-state index contributed by atoms with van der Waals surface area (Å²) in [4.78, 5) is 16.0. The summed E-state index contributed by atoms with van der Waals surface area (Å²) in [6.07, 6.45) is 0. The second-order valence-corrected chi connectivity index (χ2v) is 5.21. The number of nitrogens with zero attached hydrogens (tertiary/aromatic N) is 2. The van der Waals surface area contributed by atoms with Crippen LogP contribution in [0.3, 0.4) is 0 Å². The molecule has 0 fully saturated rings. The van der Waals surface area contributed by atoms with E-state index in [0.29, 0.717) is 5.56 Å². The third kappa shape index (κ3) is 3.53. The number of alkyl halides is 1. The zero-order valence-corrected chi connectivity index (χ0v) is 12.8. The first kappa shape index (κ1) is 16.7. The van der Waals surface area contributed by atoms with Crippen molar-refractivity contribution in [1.82, 2.24) is 15.5 Å². The van der Waals surface area contributed by atoms with Gasteiger partial charge in [-0.1, -0.05) is 23.4 Å². The van der Waals surface area contributed by atoms with Crippen molar-refractivity contribution in [3.05, 3.63) is 71.9 Å². The fourth-order valence-electron chi connectivity index (χ4n) is 2.10. The number of aliphatic hydroxyl groups excluding tert-OH is 1. The number of amides is 1. The zero-order valence-electron chi connectivity index (χ0n) is 12.8. The largest absolute Gasteiger partial charge is 0.390 e. The molecule has 3 rings (SSSR count). The quantitative estimate of drug-likeness (QED) is 0.694. The lowest BCUT2D eigenvalue weighted by Crippen LogP contribution is -2.45. The Morgan fingerprint density at radius 3 is 2.48 bits per heavy atom. The lowest BCUT2D eigenvalue weighted by atomic mass is 10.2. The average molecular weight is 345 g/mol. The van der Waals surface area contributed by atoms with Crippen LogP contribution in [-0.4, -0.2) is 27.8 Å². The van der Waals surface area contributed by atoms with Gasteiger partial charge < -0.3 is 14.9 Å². The molecule has 128 valence electrons. The predicted molar refractivity (Wildman–Crippen MR) is 83.5 cm³/mol. The lowest BCUT2D eigenvalue weighted by molar-refractivity contribution is 0.00786. The maximum atomic E-state index is 14.9. The van der Waals surface area contributed by atoms with E-state index in [4.69, 9.17) is 4.52 Å². The predicted octanol–water partition coefficient (Wildman–Crippen LogP) is 2.42. The number of halogens is 2. The van der Waals surface area contributed by atoms with Crippen LogP contribution in [0.1, 0.15) is 16.2 Å². The summed E-state index contributed by atoms with van der Waals surface area (Å²) in [6, 6.07) is 13.1. The van der Waals surface area contributed by atoms with Crippen molar-refractivity contribution in [1.29, 1.82) is 0 Å². The van der Waals surface area contributed by atoms with E-state index in [1.165, 1.54) is 36.4 Å². The maximum Gasteiger partial charge on any atom is 0.288 e. The van der Waals surface area contributed by atoms with Gasteiger partial charge in [-0.2, -0.15) is 4.98 Å². The molecule has 2 aromatic carbocycles. The van der Waals surface area contributed by atoms with E-state index >= 15 is 0 Å². The summed E-state index contributed by atoms with van der Waals surface area (Å²) >= 11 is 0. The van der Waals surface area contributed by atoms with Gasteiger partial charge in [0.15, 0.2) is 0 Å². The molecule has 0 aliphatic heterocycles. The van der Waals surface area contributed by atoms with Gasteiger partial charge in [-0.25, -0.2) is 8.78 Å². The SMILES string of the molecule is O=C(N[C@](F)(CO)c1nc(-c2ccc(F)cc2)no1)c1ccccc1. The first-order valence-corrected chi connectivity index (χ1v) is 7.29.